The third-order valence-corrected chi connectivity index (χ3v) is 8.90. The van der Waals surface area contributed by atoms with Crippen LogP contribution in [-0.2, 0) is 14.0 Å². The number of imide groups is 1. The molecule has 0 bridgehead atoms. The minimum Gasteiger partial charge on any atom is -0.398 e. The Labute approximate surface area is 206 Å². The van der Waals surface area contributed by atoms with Crippen LogP contribution in [0.3, 0.4) is 0 Å². The average molecular weight is 504 g/mol. The molecule has 35 heavy (non-hydrogen) atoms. The molecule has 0 aliphatic carbocycles. The van der Waals surface area contributed by atoms with E-state index in [0.717, 1.165) is 27.4 Å². The molecule has 0 atom stereocenters. The van der Waals surface area contributed by atoms with Crippen molar-refractivity contribution >= 4 is 62.8 Å². The van der Waals surface area contributed by atoms with Gasteiger partial charge in [-0.15, -0.1) is 0 Å². The number of nitrogens with zero attached hydrogens (tertiary/aromatic N) is 2. The fourth-order valence-corrected chi connectivity index (χ4v) is 6.10. The lowest BCUT2D eigenvalue weighted by Gasteiger charge is -2.15. The van der Waals surface area contributed by atoms with Crippen LogP contribution >= 0.6 is 0 Å². The number of amides is 2. The highest BCUT2D eigenvalue weighted by Gasteiger charge is 2.39. The highest BCUT2D eigenvalue weighted by Crippen LogP contribution is 2.40. The molecule has 178 valence electrons. The molecule has 1 N–H and O–H groups in total. The Morgan fingerprint density at radius 3 is 2.46 bits per heavy atom. The zero-order valence-electron chi connectivity index (χ0n) is 20.1. The van der Waals surface area contributed by atoms with E-state index in [1.54, 1.807) is 12.3 Å². The first kappa shape index (κ1) is 23.5. The second kappa shape index (κ2) is 8.74. The Bertz CT molecular complexity index is 1510. The van der Waals surface area contributed by atoms with Crippen LogP contribution in [-0.4, -0.2) is 57.6 Å². The monoisotopic (exact) mass is 503 g/mol. The van der Waals surface area contributed by atoms with Crippen molar-refractivity contribution in [2.75, 3.05) is 13.7 Å². The standard InChI is InChI=1S/C26H26FN3O3Si2/c1-29-25(31)23(19-14-28-21-8-6-5-7-17(19)21)24(26(29)32)20-15-30(34-33-11-12-35(2,3)4)22-10-9-16(27)13-18(20)22/h5-10,13-15,28H,11-12H2,1-4H3. The number of para-hydroxylation sites is 1. The SMILES string of the molecule is CN1C(=O)C(c2c[nH]c3ccccc23)=C(c2cn([Si]OCC[Si](C)(C)C)c3ccc(F)cc23)C1=O. The molecule has 2 aromatic heterocycles. The maximum atomic E-state index is 14.4. The Morgan fingerprint density at radius 1 is 1.00 bits per heavy atom. The highest BCUT2D eigenvalue weighted by atomic mass is 28.3. The smallest absolute Gasteiger partial charge is 0.386 e. The Balaban J connectivity index is 1.66. The third-order valence-electron chi connectivity index (χ3n) is 6.30. The van der Waals surface area contributed by atoms with Crippen molar-refractivity contribution in [2.45, 2.75) is 25.7 Å². The van der Waals surface area contributed by atoms with Crippen molar-refractivity contribution < 1.29 is 18.4 Å². The summed E-state index contributed by atoms with van der Waals surface area (Å²) in [4.78, 5) is 31.0. The van der Waals surface area contributed by atoms with E-state index < -0.39 is 19.8 Å². The van der Waals surface area contributed by atoms with Gasteiger partial charge in [0.1, 0.15) is 5.82 Å². The number of aromatic amines is 1. The van der Waals surface area contributed by atoms with Crippen LogP contribution in [0.1, 0.15) is 11.1 Å². The predicted molar refractivity (Wildman–Crippen MR) is 140 cm³/mol. The zero-order chi connectivity index (χ0) is 24.9. The molecule has 1 aliphatic heterocycles. The summed E-state index contributed by atoms with van der Waals surface area (Å²) < 4.78 is 22.3. The number of carbonyl (C=O) groups is 2. The zero-order valence-corrected chi connectivity index (χ0v) is 22.1. The van der Waals surface area contributed by atoms with Gasteiger partial charge in [0.2, 0.25) is 0 Å². The highest BCUT2D eigenvalue weighted by molar-refractivity contribution is 6.76. The summed E-state index contributed by atoms with van der Waals surface area (Å²) in [5.74, 6) is -1.18. The number of fused-ring (bicyclic) bond motifs is 2. The molecule has 3 heterocycles. The van der Waals surface area contributed by atoms with E-state index in [1.807, 2.05) is 34.7 Å². The number of nitrogens with one attached hydrogen (secondary N) is 1. The second-order valence-corrected chi connectivity index (χ2v) is 16.6. The van der Waals surface area contributed by atoms with Crippen LogP contribution in [0.25, 0.3) is 33.0 Å². The van der Waals surface area contributed by atoms with Crippen LogP contribution in [0.2, 0.25) is 25.7 Å². The molecule has 0 fully saturated rings. The van der Waals surface area contributed by atoms with E-state index in [1.165, 1.54) is 19.2 Å². The molecule has 5 rings (SSSR count). The number of rotatable bonds is 7. The number of halogens is 1. The second-order valence-electron chi connectivity index (χ2n) is 9.99. The quantitative estimate of drug-likeness (QED) is 0.221. The van der Waals surface area contributed by atoms with E-state index in [4.69, 9.17) is 4.43 Å². The molecule has 6 nitrogen and oxygen atoms in total. The average Bonchev–Trinajstić information content (AvgIpc) is 3.45. The Morgan fingerprint density at radius 2 is 1.71 bits per heavy atom. The van der Waals surface area contributed by atoms with Crippen molar-refractivity contribution in [3.8, 4) is 0 Å². The van der Waals surface area contributed by atoms with Gasteiger partial charge in [-0.2, -0.15) is 0 Å². The molecule has 0 saturated heterocycles. The lowest BCUT2D eigenvalue weighted by Crippen LogP contribution is -2.26. The largest absolute Gasteiger partial charge is 0.398 e. The number of benzene rings is 2. The van der Waals surface area contributed by atoms with Crippen molar-refractivity contribution in [1.29, 1.82) is 0 Å². The van der Waals surface area contributed by atoms with Crippen LogP contribution in [0.4, 0.5) is 4.39 Å². The fourth-order valence-electron chi connectivity index (χ4n) is 4.37. The van der Waals surface area contributed by atoms with Gasteiger partial charge < -0.3 is 13.6 Å². The van der Waals surface area contributed by atoms with E-state index in [2.05, 4.69) is 24.6 Å². The molecule has 9 heteroatoms. The summed E-state index contributed by atoms with van der Waals surface area (Å²) in [6.45, 7) is 7.53. The van der Waals surface area contributed by atoms with Gasteiger partial charge in [-0.25, -0.2) is 4.39 Å². The molecule has 2 radical (unpaired) electrons. The summed E-state index contributed by atoms with van der Waals surface area (Å²) >= 11 is 0. The van der Waals surface area contributed by atoms with Crippen molar-refractivity contribution in [1.82, 2.24) is 14.1 Å². The molecule has 2 amide bonds. The van der Waals surface area contributed by atoms with Crippen LogP contribution in [0.15, 0.2) is 54.9 Å². The Hall–Kier alpha value is -3.28. The fraction of sp³-hybridized carbons (Fsp3) is 0.231. The van der Waals surface area contributed by atoms with Gasteiger partial charge in [-0.1, -0.05) is 37.8 Å². The first-order valence-corrected chi connectivity index (χ1v) is 16.0. The number of carbonyl (C=O) groups excluding carboxylic acids is 2. The summed E-state index contributed by atoms with van der Waals surface area (Å²) in [7, 11) is 0.227. The van der Waals surface area contributed by atoms with E-state index in [9.17, 15) is 14.0 Å². The first-order valence-electron chi connectivity index (χ1n) is 11.5. The number of likely N-dealkylation sites (N-methyl/N-ethyl adjacent to an activating group) is 1. The van der Waals surface area contributed by atoms with Gasteiger partial charge in [0, 0.05) is 67.1 Å². The van der Waals surface area contributed by atoms with Gasteiger partial charge >= 0.3 is 9.92 Å². The summed E-state index contributed by atoms with van der Waals surface area (Å²) in [5, 5.41) is 1.43. The third kappa shape index (κ3) is 4.20. The van der Waals surface area contributed by atoms with Crippen LogP contribution < -0.4 is 0 Å². The van der Waals surface area contributed by atoms with Gasteiger partial charge in [0.25, 0.3) is 11.8 Å². The predicted octanol–water partition coefficient (Wildman–Crippen LogP) is 4.91. The van der Waals surface area contributed by atoms with Crippen molar-refractivity contribution in [3.63, 3.8) is 0 Å². The number of H-pyrrole nitrogens is 1. The van der Waals surface area contributed by atoms with Gasteiger partial charge in [-0.05, 0) is 30.3 Å². The molecule has 2 aromatic carbocycles. The molecule has 1 aliphatic rings. The molecule has 0 spiro atoms. The van der Waals surface area contributed by atoms with Crippen LogP contribution in [0, 0.1) is 5.82 Å². The summed E-state index contributed by atoms with van der Waals surface area (Å²) in [6, 6.07) is 13.2. The normalized spacial score (nSPS) is 14.8. The van der Waals surface area contributed by atoms with Gasteiger partial charge in [-0.3, -0.25) is 14.5 Å². The van der Waals surface area contributed by atoms with E-state index >= 15 is 0 Å². The Kier molecular flexibility index (Phi) is 5.86. The minimum absolute atomic E-state index is 0.0153. The number of hydrogen-bond donors (Lipinski definition) is 1. The summed E-state index contributed by atoms with van der Waals surface area (Å²) in [5.41, 5.74) is 3.42. The molecule has 0 unspecified atom stereocenters. The van der Waals surface area contributed by atoms with Crippen LogP contribution in [0.5, 0.6) is 0 Å². The lowest BCUT2D eigenvalue weighted by molar-refractivity contribution is -0.134. The van der Waals surface area contributed by atoms with E-state index in [-0.39, 0.29) is 21.4 Å². The molecule has 4 aromatic rings. The molecular weight excluding hydrogens is 477 g/mol. The maximum absolute atomic E-state index is 14.4. The van der Waals surface area contributed by atoms with Crippen molar-refractivity contribution in [3.05, 3.63) is 71.8 Å². The van der Waals surface area contributed by atoms with Crippen molar-refractivity contribution in [2.24, 2.45) is 0 Å². The topological polar surface area (TPSA) is 67.3 Å². The molecular formula is C26H26FN3O3Si2. The molecule has 0 saturated carbocycles. The minimum atomic E-state index is -1.24. The first-order chi connectivity index (χ1) is 16.7. The number of hydrogen-bond acceptors (Lipinski definition) is 3. The maximum Gasteiger partial charge on any atom is 0.386 e. The van der Waals surface area contributed by atoms with Gasteiger partial charge in [0.15, 0.2) is 0 Å². The van der Waals surface area contributed by atoms with E-state index in [0.29, 0.717) is 28.7 Å². The lowest BCUT2D eigenvalue weighted by atomic mass is 9.95. The number of aromatic nitrogens is 2. The summed E-state index contributed by atoms with van der Waals surface area (Å²) in [6.07, 6.45) is 3.57. The van der Waals surface area contributed by atoms with Gasteiger partial charge in [0.05, 0.1) is 11.1 Å².